The third-order valence-corrected chi connectivity index (χ3v) is 4.20. The number of hydrogen-bond donors (Lipinski definition) is 1. The molecular formula is C19H20N2O3. The number of nitrogens with zero attached hydrogens (tertiary/aromatic N) is 2. The highest BCUT2D eigenvalue weighted by Gasteiger charge is 2.33. The molecule has 1 unspecified atom stereocenters. The molecule has 24 heavy (non-hydrogen) atoms. The molecule has 0 saturated carbocycles. The van der Waals surface area contributed by atoms with Gasteiger partial charge in [0.25, 0.3) is 5.91 Å². The molecular weight excluding hydrogens is 304 g/mol. The van der Waals surface area contributed by atoms with E-state index in [0.29, 0.717) is 18.5 Å². The van der Waals surface area contributed by atoms with Crippen LogP contribution in [0, 0.1) is 0 Å². The summed E-state index contributed by atoms with van der Waals surface area (Å²) in [5, 5.41) is 13.4. The van der Waals surface area contributed by atoms with Gasteiger partial charge in [0.05, 0.1) is 24.9 Å². The van der Waals surface area contributed by atoms with Crippen molar-refractivity contribution in [2.45, 2.75) is 12.5 Å². The van der Waals surface area contributed by atoms with Crippen LogP contribution < -0.4 is 0 Å². The number of benzene rings is 2. The molecule has 1 fully saturated rings. The molecule has 1 atom stereocenters. The second-order valence-electron chi connectivity index (χ2n) is 5.76. The Morgan fingerprint density at radius 3 is 2.46 bits per heavy atom. The van der Waals surface area contributed by atoms with Crippen LogP contribution in [-0.4, -0.2) is 47.9 Å². The summed E-state index contributed by atoms with van der Waals surface area (Å²) in [6.07, 6.45) is 0.540. The SMILES string of the molecule is CON=C1CC(CO)N(C(=O)c2ccc(-c3ccccc3)cc2)C1. The Morgan fingerprint density at radius 1 is 1.17 bits per heavy atom. The molecule has 124 valence electrons. The van der Waals surface area contributed by atoms with Gasteiger partial charge in [-0.25, -0.2) is 0 Å². The third kappa shape index (κ3) is 3.31. The molecule has 2 aromatic rings. The van der Waals surface area contributed by atoms with E-state index in [9.17, 15) is 9.90 Å². The summed E-state index contributed by atoms with van der Waals surface area (Å²) in [6.45, 7) is 0.301. The molecule has 1 saturated heterocycles. The summed E-state index contributed by atoms with van der Waals surface area (Å²) in [5.74, 6) is -0.102. The van der Waals surface area contributed by atoms with Gasteiger partial charge in [0.2, 0.25) is 0 Å². The predicted octanol–water partition coefficient (Wildman–Crippen LogP) is 2.56. The van der Waals surface area contributed by atoms with Crippen LogP contribution in [-0.2, 0) is 4.84 Å². The van der Waals surface area contributed by atoms with E-state index in [4.69, 9.17) is 4.84 Å². The molecule has 0 aromatic heterocycles. The van der Waals surface area contributed by atoms with Gasteiger partial charge in [0.15, 0.2) is 0 Å². The Labute approximate surface area is 141 Å². The lowest BCUT2D eigenvalue weighted by molar-refractivity contribution is 0.0680. The lowest BCUT2D eigenvalue weighted by Gasteiger charge is -2.22. The topological polar surface area (TPSA) is 62.1 Å². The number of oxime groups is 1. The van der Waals surface area contributed by atoms with Crippen molar-refractivity contribution in [2.24, 2.45) is 5.16 Å². The van der Waals surface area contributed by atoms with E-state index in [1.54, 1.807) is 4.90 Å². The summed E-state index contributed by atoms with van der Waals surface area (Å²) in [7, 11) is 1.48. The maximum atomic E-state index is 12.7. The molecule has 1 heterocycles. The number of amides is 1. The fourth-order valence-corrected chi connectivity index (χ4v) is 2.97. The largest absolute Gasteiger partial charge is 0.399 e. The van der Waals surface area contributed by atoms with E-state index in [1.807, 2.05) is 54.6 Å². The van der Waals surface area contributed by atoms with Crippen molar-refractivity contribution in [1.82, 2.24) is 4.90 Å². The van der Waals surface area contributed by atoms with Crippen molar-refractivity contribution in [2.75, 3.05) is 20.3 Å². The van der Waals surface area contributed by atoms with Gasteiger partial charge in [-0.05, 0) is 23.3 Å². The van der Waals surface area contributed by atoms with E-state index >= 15 is 0 Å². The molecule has 5 heteroatoms. The normalized spacial score (nSPS) is 18.8. The molecule has 1 aliphatic heterocycles. The average Bonchev–Trinajstić information content (AvgIpc) is 3.05. The maximum Gasteiger partial charge on any atom is 0.254 e. The predicted molar refractivity (Wildman–Crippen MR) is 92.8 cm³/mol. The number of likely N-dealkylation sites (tertiary alicyclic amines) is 1. The van der Waals surface area contributed by atoms with Crippen LogP contribution in [0.15, 0.2) is 59.8 Å². The Hall–Kier alpha value is -2.66. The van der Waals surface area contributed by atoms with Crippen LogP contribution in [0.5, 0.6) is 0 Å². The van der Waals surface area contributed by atoms with Gasteiger partial charge in [-0.1, -0.05) is 47.6 Å². The number of aliphatic hydroxyl groups excluding tert-OH is 1. The van der Waals surface area contributed by atoms with Gasteiger partial charge >= 0.3 is 0 Å². The zero-order valence-corrected chi connectivity index (χ0v) is 13.6. The zero-order chi connectivity index (χ0) is 16.9. The molecule has 2 aromatic carbocycles. The molecule has 5 nitrogen and oxygen atoms in total. The van der Waals surface area contributed by atoms with Crippen molar-refractivity contribution in [1.29, 1.82) is 0 Å². The average molecular weight is 324 g/mol. The Kier molecular flexibility index (Phi) is 4.91. The molecule has 1 N–H and O–H groups in total. The van der Waals surface area contributed by atoms with Crippen LogP contribution in [0.2, 0.25) is 0 Å². The van der Waals surface area contributed by atoms with Crippen molar-refractivity contribution in [3.05, 3.63) is 60.2 Å². The van der Waals surface area contributed by atoms with Crippen LogP contribution in [0.4, 0.5) is 0 Å². The molecule has 1 amide bonds. The highest BCUT2D eigenvalue weighted by molar-refractivity contribution is 6.00. The minimum Gasteiger partial charge on any atom is -0.399 e. The Bertz CT molecular complexity index is 726. The second-order valence-corrected chi connectivity index (χ2v) is 5.76. The van der Waals surface area contributed by atoms with Gasteiger partial charge in [-0.2, -0.15) is 0 Å². The zero-order valence-electron chi connectivity index (χ0n) is 13.6. The third-order valence-electron chi connectivity index (χ3n) is 4.20. The number of carbonyl (C=O) groups is 1. The van der Waals surface area contributed by atoms with Crippen LogP contribution >= 0.6 is 0 Å². The molecule has 0 spiro atoms. The fourth-order valence-electron chi connectivity index (χ4n) is 2.97. The smallest absolute Gasteiger partial charge is 0.254 e. The summed E-state index contributed by atoms with van der Waals surface area (Å²) in [6, 6.07) is 17.3. The summed E-state index contributed by atoms with van der Waals surface area (Å²) >= 11 is 0. The molecule has 0 radical (unpaired) electrons. The first kappa shape index (κ1) is 16.2. The molecule has 0 aliphatic carbocycles. The van der Waals surface area contributed by atoms with Gasteiger partial charge in [0, 0.05) is 12.0 Å². The highest BCUT2D eigenvalue weighted by Crippen LogP contribution is 2.22. The first-order valence-corrected chi connectivity index (χ1v) is 7.89. The van der Waals surface area contributed by atoms with E-state index in [1.165, 1.54) is 7.11 Å². The summed E-state index contributed by atoms with van der Waals surface area (Å²) < 4.78 is 0. The maximum absolute atomic E-state index is 12.7. The van der Waals surface area contributed by atoms with Gasteiger partial charge in [0.1, 0.15) is 7.11 Å². The fraction of sp³-hybridized carbons (Fsp3) is 0.263. The first-order valence-electron chi connectivity index (χ1n) is 7.89. The Morgan fingerprint density at radius 2 is 1.83 bits per heavy atom. The number of aliphatic hydroxyl groups is 1. The first-order chi connectivity index (χ1) is 11.7. The lowest BCUT2D eigenvalue weighted by atomic mass is 10.0. The lowest BCUT2D eigenvalue weighted by Crippen LogP contribution is -2.37. The van der Waals surface area contributed by atoms with Crippen molar-refractivity contribution < 1.29 is 14.7 Å². The van der Waals surface area contributed by atoms with Gasteiger partial charge < -0.3 is 14.8 Å². The minimum atomic E-state index is -0.250. The summed E-state index contributed by atoms with van der Waals surface area (Å²) in [5.41, 5.74) is 3.55. The number of carbonyl (C=O) groups excluding carboxylic acids is 1. The van der Waals surface area contributed by atoms with Crippen molar-refractivity contribution in [3.63, 3.8) is 0 Å². The quantitative estimate of drug-likeness (QED) is 0.879. The van der Waals surface area contributed by atoms with Gasteiger partial charge in [-0.3, -0.25) is 4.79 Å². The Balaban J connectivity index is 1.79. The molecule has 0 bridgehead atoms. The van der Waals surface area contributed by atoms with E-state index in [2.05, 4.69) is 5.16 Å². The molecule has 3 rings (SSSR count). The van der Waals surface area contributed by atoms with Crippen LogP contribution in [0.25, 0.3) is 11.1 Å². The monoisotopic (exact) mass is 324 g/mol. The van der Waals surface area contributed by atoms with Gasteiger partial charge in [-0.15, -0.1) is 0 Å². The number of rotatable bonds is 4. The molecule has 1 aliphatic rings. The van der Waals surface area contributed by atoms with E-state index in [0.717, 1.165) is 16.8 Å². The summed E-state index contributed by atoms with van der Waals surface area (Å²) in [4.78, 5) is 19.2. The van der Waals surface area contributed by atoms with Crippen molar-refractivity contribution in [3.8, 4) is 11.1 Å². The van der Waals surface area contributed by atoms with E-state index < -0.39 is 0 Å². The van der Waals surface area contributed by atoms with Crippen LogP contribution in [0.1, 0.15) is 16.8 Å². The van der Waals surface area contributed by atoms with E-state index in [-0.39, 0.29) is 18.6 Å². The van der Waals surface area contributed by atoms with Crippen LogP contribution in [0.3, 0.4) is 0 Å². The minimum absolute atomic E-state index is 0.0867. The van der Waals surface area contributed by atoms with Crippen molar-refractivity contribution >= 4 is 11.6 Å². The number of hydrogen-bond acceptors (Lipinski definition) is 4. The second kappa shape index (κ2) is 7.27. The standard InChI is InChI=1S/C19H20N2O3/c1-24-20-17-11-18(13-22)21(12-17)19(23)16-9-7-15(8-10-16)14-5-3-2-4-6-14/h2-10,18,22H,11-13H2,1H3. The highest BCUT2D eigenvalue weighted by atomic mass is 16.6.